The highest BCUT2D eigenvalue weighted by Gasteiger charge is 2.22. The molecule has 0 saturated heterocycles. The van der Waals surface area contributed by atoms with E-state index in [9.17, 15) is 9.59 Å². The molecule has 5 nitrogen and oxygen atoms in total. The normalized spacial score (nSPS) is 13.6. The lowest BCUT2D eigenvalue weighted by atomic mass is 10.2. The summed E-state index contributed by atoms with van der Waals surface area (Å²) < 4.78 is 1.78. The van der Waals surface area contributed by atoms with E-state index in [1.165, 1.54) is 11.3 Å². The Morgan fingerprint density at radius 1 is 1.33 bits per heavy atom. The van der Waals surface area contributed by atoms with Gasteiger partial charge in [-0.05, 0) is 43.5 Å². The van der Waals surface area contributed by atoms with Crippen molar-refractivity contribution >= 4 is 33.1 Å². The van der Waals surface area contributed by atoms with Gasteiger partial charge in [0.05, 0.1) is 10.3 Å². The van der Waals surface area contributed by atoms with Gasteiger partial charge in [-0.3, -0.25) is 14.2 Å². The molecule has 1 aliphatic heterocycles. The summed E-state index contributed by atoms with van der Waals surface area (Å²) in [5.41, 5.74) is 1.99. The molecule has 6 heteroatoms. The van der Waals surface area contributed by atoms with Crippen molar-refractivity contribution in [2.45, 2.75) is 39.2 Å². The Hall–Kier alpha value is -2.91. The Morgan fingerprint density at radius 3 is 3.00 bits per heavy atom. The van der Waals surface area contributed by atoms with Gasteiger partial charge < -0.3 is 5.32 Å². The third-order valence-corrected chi connectivity index (χ3v) is 6.09. The first-order valence-electron chi connectivity index (χ1n) is 8.99. The number of nitrogens with one attached hydrogen (secondary N) is 1. The first-order chi connectivity index (χ1) is 13.1. The van der Waals surface area contributed by atoms with E-state index >= 15 is 0 Å². The summed E-state index contributed by atoms with van der Waals surface area (Å²) in [6, 6.07) is 7.14. The Morgan fingerprint density at radius 2 is 2.19 bits per heavy atom. The standard InChI is InChI=1S/C21H19N3O2S/c1-3-14-8-7-9-15(12-14)22-19(25)18-13(2)17-20(27-18)23-16-10-5-4-6-11-24(16)21(17)26/h1,7-9,12H,4-6,10-11H2,2H3,(H,22,25). The number of hydrogen-bond acceptors (Lipinski definition) is 4. The molecular weight excluding hydrogens is 358 g/mol. The van der Waals surface area contributed by atoms with E-state index in [-0.39, 0.29) is 11.5 Å². The van der Waals surface area contributed by atoms with E-state index in [0.29, 0.717) is 38.5 Å². The molecule has 1 aromatic carbocycles. The lowest BCUT2D eigenvalue weighted by Gasteiger charge is -2.08. The van der Waals surface area contributed by atoms with Gasteiger partial charge in [0.25, 0.3) is 11.5 Å². The number of aryl methyl sites for hydroxylation is 2. The number of anilines is 1. The van der Waals surface area contributed by atoms with Gasteiger partial charge in [0, 0.05) is 24.2 Å². The number of thiophene rings is 1. The maximum absolute atomic E-state index is 13.0. The van der Waals surface area contributed by atoms with Crippen LogP contribution in [0.25, 0.3) is 10.2 Å². The van der Waals surface area contributed by atoms with Gasteiger partial charge in [0.1, 0.15) is 10.7 Å². The van der Waals surface area contributed by atoms with E-state index in [1.54, 1.807) is 28.8 Å². The summed E-state index contributed by atoms with van der Waals surface area (Å²) in [5.74, 6) is 3.14. The summed E-state index contributed by atoms with van der Waals surface area (Å²) in [4.78, 5) is 31.7. The number of hydrogen-bond donors (Lipinski definition) is 1. The van der Waals surface area contributed by atoms with Crippen molar-refractivity contribution < 1.29 is 4.79 Å². The Kier molecular flexibility index (Phi) is 4.54. The first kappa shape index (κ1) is 17.5. The van der Waals surface area contributed by atoms with Crippen molar-refractivity contribution in [1.82, 2.24) is 9.55 Å². The number of aromatic nitrogens is 2. The van der Waals surface area contributed by atoms with Crippen LogP contribution in [0.1, 0.15) is 45.9 Å². The zero-order chi connectivity index (χ0) is 19.0. The van der Waals surface area contributed by atoms with Crippen LogP contribution < -0.4 is 10.9 Å². The van der Waals surface area contributed by atoms with Crippen LogP contribution in [-0.4, -0.2) is 15.5 Å². The zero-order valence-electron chi connectivity index (χ0n) is 15.0. The van der Waals surface area contributed by atoms with Crippen LogP contribution >= 0.6 is 11.3 Å². The summed E-state index contributed by atoms with van der Waals surface area (Å²) >= 11 is 1.28. The second kappa shape index (κ2) is 7.01. The van der Waals surface area contributed by atoms with E-state index in [2.05, 4.69) is 11.2 Å². The van der Waals surface area contributed by atoms with Crippen molar-refractivity contribution in [3.63, 3.8) is 0 Å². The van der Waals surface area contributed by atoms with E-state index < -0.39 is 0 Å². The number of amides is 1. The highest BCUT2D eigenvalue weighted by Crippen LogP contribution is 2.29. The number of terminal acetylenes is 1. The average molecular weight is 377 g/mol. The van der Waals surface area contributed by atoms with Crippen molar-refractivity contribution in [2.75, 3.05) is 5.32 Å². The molecule has 0 saturated carbocycles. The third-order valence-electron chi connectivity index (χ3n) is 4.90. The molecule has 0 aliphatic carbocycles. The van der Waals surface area contributed by atoms with Gasteiger partial charge in [-0.2, -0.15) is 0 Å². The minimum atomic E-state index is -0.246. The largest absolute Gasteiger partial charge is 0.321 e. The van der Waals surface area contributed by atoms with Gasteiger partial charge in [0.2, 0.25) is 0 Å². The topological polar surface area (TPSA) is 64.0 Å². The Bertz CT molecular complexity index is 1150. The molecule has 0 radical (unpaired) electrons. The number of carbonyl (C=O) groups is 1. The van der Waals surface area contributed by atoms with Crippen LogP contribution in [0.2, 0.25) is 0 Å². The lowest BCUT2D eigenvalue weighted by Crippen LogP contribution is -2.24. The van der Waals surface area contributed by atoms with Crippen LogP contribution in [0.15, 0.2) is 29.1 Å². The Balaban J connectivity index is 1.75. The first-order valence-corrected chi connectivity index (χ1v) is 9.81. The van der Waals surface area contributed by atoms with Gasteiger partial charge in [-0.15, -0.1) is 17.8 Å². The fourth-order valence-corrected chi connectivity index (χ4v) is 4.59. The average Bonchev–Trinajstić information content (AvgIpc) is 2.84. The molecule has 1 N–H and O–H groups in total. The second-order valence-electron chi connectivity index (χ2n) is 6.71. The minimum absolute atomic E-state index is 0.0287. The van der Waals surface area contributed by atoms with Crippen molar-refractivity contribution in [1.29, 1.82) is 0 Å². The predicted octanol–water partition coefficient (Wildman–Crippen LogP) is 3.73. The summed E-state index contributed by atoms with van der Waals surface area (Å²) in [6.45, 7) is 2.52. The molecule has 0 atom stereocenters. The predicted molar refractivity (Wildman–Crippen MR) is 109 cm³/mol. The summed E-state index contributed by atoms with van der Waals surface area (Å²) in [7, 11) is 0. The number of nitrogens with zero attached hydrogens (tertiary/aromatic N) is 2. The summed E-state index contributed by atoms with van der Waals surface area (Å²) in [5, 5.41) is 3.44. The molecule has 3 aromatic rings. The molecule has 0 unspecified atom stereocenters. The fourth-order valence-electron chi connectivity index (χ4n) is 3.50. The fraction of sp³-hybridized carbons (Fsp3) is 0.286. The molecule has 4 rings (SSSR count). The third kappa shape index (κ3) is 3.15. The van der Waals surface area contributed by atoms with Crippen LogP contribution in [0.4, 0.5) is 5.69 Å². The molecular formula is C21H19N3O2S. The summed E-state index contributed by atoms with van der Waals surface area (Å²) in [6.07, 6.45) is 9.37. The number of fused-ring (bicyclic) bond motifs is 2. The molecule has 136 valence electrons. The molecule has 27 heavy (non-hydrogen) atoms. The van der Waals surface area contributed by atoms with Gasteiger partial charge in [-0.25, -0.2) is 4.98 Å². The smallest absolute Gasteiger partial charge is 0.266 e. The maximum atomic E-state index is 13.0. The van der Waals surface area contributed by atoms with Crippen LogP contribution in [0.3, 0.4) is 0 Å². The highest BCUT2D eigenvalue weighted by molar-refractivity contribution is 7.20. The monoisotopic (exact) mass is 377 g/mol. The molecule has 1 aliphatic rings. The van der Waals surface area contributed by atoms with Crippen LogP contribution in [-0.2, 0) is 13.0 Å². The van der Waals surface area contributed by atoms with Crippen LogP contribution in [0.5, 0.6) is 0 Å². The zero-order valence-corrected chi connectivity index (χ0v) is 15.9. The number of benzene rings is 1. The van der Waals surface area contributed by atoms with Crippen molar-refractivity contribution in [3.8, 4) is 12.3 Å². The van der Waals surface area contributed by atoms with Gasteiger partial charge in [0.15, 0.2) is 0 Å². The Labute approximate surface area is 161 Å². The van der Waals surface area contributed by atoms with Crippen molar-refractivity contribution in [3.05, 3.63) is 56.4 Å². The van der Waals surface area contributed by atoms with E-state index in [1.807, 2.05) is 6.92 Å². The molecule has 3 heterocycles. The van der Waals surface area contributed by atoms with Crippen LogP contribution in [0, 0.1) is 19.3 Å². The van der Waals surface area contributed by atoms with Gasteiger partial charge >= 0.3 is 0 Å². The molecule has 1 amide bonds. The lowest BCUT2D eigenvalue weighted by molar-refractivity contribution is 0.103. The molecule has 2 aromatic heterocycles. The quantitative estimate of drug-likeness (QED) is 0.692. The van der Waals surface area contributed by atoms with Crippen molar-refractivity contribution in [2.24, 2.45) is 0 Å². The number of carbonyl (C=O) groups excluding carboxylic acids is 1. The number of rotatable bonds is 2. The van der Waals surface area contributed by atoms with E-state index in [4.69, 9.17) is 11.4 Å². The maximum Gasteiger partial charge on any atom is 0.266 e. The molecule has 0 bridgehead atoms. The van der Waals surface area contributed by atoms with Gasteiger partial charge in [-0.1, -0.05) is 18.4 Å². The molecule has 0 spiro atoms. The minimum Gasteiger partial charge on any atom is -0.321 e. The van der Waals surface area contributed by atoms with E-state index in [0.717, 1.165) is 31.5 Å². The highest BCUT2D eigenvalue weighted by atomic mass is 32.1. The molecule has 0 fully saturated rings. The SMILES string of the molecule is C#Cc1cccc(NC(=O)c2sc3nc4n(c(=O)c3c2C)CCCCC4)c1. The second-order valence-corrected chi connectivity index (χ2v) is 7.71.